The molecule has 1 saturated carbocycles. The third-order valence-corrected chi connectivity index (χ3v) is 7.09. The molecule has 1 aliphatic rings. The summed E-state index contributed by atoms with van der Waals surface area (Å²) < 4.78 is 20.3. The van der Waals surface area contributed by atoms with Crippen molar-refractivity contribution in [3.63, 3.8) is 0 Å². The SMILES string of the molecule is CN(C1CCCCC1)S(=O)c1ccc2[nH]c(=O)cc(C(=O)NCc3ccco3)c2c1. The lowest BCUT2D eigenvalue weighted by molar-refractivity contribution is 0.0949. The summed E-state index contributed by atoms with van der Waals surface area (Å²) in [6, 6.07) is 10.3. The van der Waals surface area contributed by atoms with E-state index in [1.807, 2.05) is 11.4 Å². The van der Waals surface area contributed by atoms with Gasteiger partial charge in [0.15, 0.2) is 0 Å². The van der Waals surface area contributed by atoms with Gasteiger partial charge in [0.1, 0.15) is 16.7 Å². The molecule has 0 spiro atoms. The molecule has 0 bridgehead atoms. The van der Waals surface area contributed by atoms with Gasteiger partial charge in [0.05, 0.1) is 23.3 Å². The minimum Gasteiger partial charge on any atom is -0.467 e. The Bertz CT molecular complexity index is 1120. The summed E-state index contributed by atoms with van der Waals surface area (Å²) in [5.74, 6) is 0.236. The van der Waals surface area contributed by atoms with Crippen molar-refractivity contribution in [1.29, 1.82) is 0 Å². The predicted molar refractivity (Wildman–Crippen MR) is 115 cm³/mol. The van der Waals surface area contributed by atoms with E-state index >= 15 is 0 Å². The highest BCUT2D eigenvalue weighted by Gasteiger charge is 2.23. The number of furan rings is 1. The van der Waals surface area contributed by atoms with Crippen molar-refractivity contribution in [2.45, 2.75) is 49.6 Å². The van der Waals surface area contributed by atoms with Gasteiger partial charge in [-0.1, -0.05) is 19.3 Å². The molecule has 3 aromatic rings. The molecule has 158 valence electrons. The zero-order chi connectivity index (χ0) is 21.1. The van der Waals surface area contributed by atoms with Gasteiger partial charge >= 0.3 is 0 Å². The number of aromatic amines is 1. The van der Waals surface area contributed by atoms with Crippen molar-refractivity contribution in [3.8, 4) is 0 Å². The van der Waals surface area contributed by atoms with Crippen LogP contribution in [0.1, 0.15) is 48.2 Å². The van der Waals surface area contributed by atoms with E-state index < -0.39 is 11.0 Å². The molecular weight excluding hydrogens is 402 g/mol. The number of H-pyrrole nitrogens is 1. The number of fused-ring (bicyclic) bond motifs is 1. The standard InChI is InChI=1S/C22H25N3O4S/c1-25(15-6-3-2-4-7-15)30(28)17-9-10-20-18(12-17)19(13-21(26)24-20)22(27)23-14-16-8-5-11-29-16/h5,8-13,15H,2-4,6-7,14H2,1H3,(H,23,27)(H,24,26). The van der Waals surface area contributed by atoms with Crippen LogP contribution in [-0.2, 0) is 17.5 Å². The maximum Gasteiger partial charge on any atom is 0.252 e. The van der Waals surface area contributed by atoms with Crippen LogP contribution in [0, 0.1) is 0 Å². The number of nitrogens with one attached hydrogen (secondary N) is 2. The van der Waals surface area contributed by atoms with Gasteiger partial charge in [-0.15, -0.1) is 0 Å². The molecule has 1 fully saturated rings. The van der Waals surface area contributed by atoms with E-state index in [0.717, 1.165) is 25.7 Å². The Morgan fingerprint density at radius 2 is 2.03 bits per heavy atom. The highest BCUT2D eigenvalue weighted by atomic mass is 32.2. The number of pyridine rings is 1. The van der Waals surface area contributed by atoms with Crippen LogP contribution in [0.4, 0.5) is 0 Å². The fraction of sp³-hybridized carbons (Fsp3) is 0.364. The first-order chi connectivity index (χ1) is 14.5. The van der Waals surface area contributed by atoms with Crippen LogP contribution in [0.5, 0.6) is 0 Å². The lowest BCUT2D eigenvalue weighted by atomic mass is 9.96. The van der Waals surface area contributed by atoms with Gasteiger partial charge in [-0.25, -0.2) is 8.51 Å². The summed E-state index contributed by atoms with van der Waals surface area (Å²) in [5, 5.41) is 3.34. The second-order valence-electron chi connectivity index (χ2n) is 7.60. The van der Waals surface area contributed by atoms with E-state index in [1.165, 1.54) is 18.8 Å². The zero-order valence-electron chi connectivity index (χ0n) is 16.8. The number of rotatable bonds is 6. The number of carbonyl (C=O) groups excluding carboxylic acids is 1. The fourth-order valence-electron chi connectivity index (χ4n) is 3.95. The summed E-state index contributed by atoms with van der Waals surface area (Å²) in [6.45, 7) is 0.218. The van der Waals surface area contributed by atoms with Gasteiger partial charge in [0.25, 0.3) is 5.91 Å². The van der Waals surface area contributed by atoms with Crippen LogP contribution < -0.4 is 10.9 Å². The Hall–Kier alpha value is -2.71. The highest BCUT2D eigenvalue weighted by Crippen LogP contribution is 2.26. The number of carbonyl (C=O) groups is 1. The molecule has 2 N–H and O–H groups in total. The number of aromatic nitrogens is 1. The maximum atomic E-state index is 13.2. The van der Waals surface area contributed by atoms with E-state index in [4.69, 9.17) is 4.42 Å². The van der Waals surface area contributed by atoms with Crippen molar-refractivity contribution >= 4 is 27.8 Å². The van der Waals surface area contributed by atoms with Crippen LogP contribution in [0.2, 0.25) is 0 Å². The third kappa shape index (κ3) is 4.39. The maximum absolute atomic E-state index is 13.2. The average Bonchev–Trinajstić information content (AvgIpc) is 3.30. The summed E-state index contributed by atoms with van der Waals surface area (Å²) in [5.41, 5.74) is 0.421. The van der Waals surface area contributed by atoms with Crippen molar-refractivity contribution in [3.05, 3.63) is 64.3 Å². The van der Waals surface area contributed by atoms with Gasteiger partial charge < -0.3 is 14.7 Å². The van der Waals surface area contributed by atoms with Crippen LogP contribution in [0.3, 0.4) is 0 Å². The van der Waals surface area contributed by atoms with E-state index in [0.29, 0.717) is 27.6 Å². The number of nitrogens with zero attached hydrogens (tertiary/aromatic N) is 1. The monoisotopic (exact) mass is 427 g/mol. The molecule has 2 aromatic heterocycles. The number of hydrogen-bond donors (Lipinski definition) is 2. The van der Waals surface area contributed by atoms with Crippen molar-refractivity contribution in [2.75, 3.05) is 7.05 Å². The Morgan fingerprint density at radius 3 is 2.77 bits per heavy atom. The minimum atomic E-state index is -1.34. The third-order valence-electron chi connectivity index (χ3n) is 5.61. The van der Waals surface area contributed by atoms with Crippen LogP contribution in [0.25, 0.3) is 10.9 Å². The Balaban J connectivity index is 1.63. The molecule has 1 aromatic carbocycles. The molecular formula is C22H25N3O4S. The number of hydrogen-bond acceptors (Lipinski definition) is 4. The molecule has 30 heavy (non-hydrogen) atoms. The van der Waals surface area contributed by atoms with Crippen LogP contribution >= 0.6 is 0 Å². The Morgan fingerprint density at radius 1 is 1.23 bits per heavy atom. The molecule has 1 amide bonds. The average molecular weight is 428 g/mol. The van der Waals surface area contributed by atoms with Gasteiger partial charge in [-0.05, 0) is 43.2 Å². The normalized spacial score (nSPS) is 16.1. The molecule has 1 aliphatic carbocycles. The largest absolute Gasteiger partial charge is 0.467 e. The Labute approximate surface area is 177 Å². The Kier molecular flexibility index (Phi) is 6.15. The van der Waals surface area contributed by atoms with Gasteiger partial charge in [-0.3, -0.25) is 9.59 Å². The van der Waals surface area contributed by atoms with Crippen molar-refractivity contribution in [2.24, 2.45) is 0 Å². The molecule has 7 nitrogen and oxygen atoms in total. The molecule has 0 saturated heterocycles. The fourth-order valence-corrected chi connectivity index (χ4v) is 5.17. The predicted octanol–water partition coefficient (Wildman–Crippen LogP) is 3.34. The first-order valence-electron chi connectivity index (χ1n) is 10.2. The van der Waals surface area contributed by atoms with Crippen LogP contribution in [0.15, 0.2) is 56.8 Å². The van der Waals surface area contributed by atoms with Gasteiger partial charge in [0.2, 0.25) is 5.56 Å². The molecule has 1 atom stereocenters. The molecule has 4 rings (SSSR count). The second kappa shape index (κ2) is 8.97. The number of benzene rings is 1. The van der Waals surface area contributed by atoms with E-state index in [2.05, 4.69) is 10.3 Å². The first kappa shape index (κ1) is 20.6. The smallest absolute Gasteiger partial charge is 0.252 e. The summed E-state index contributed by atoms with van der Waals surface area (Å²) >= 11 is 0. The minimum absolute atomic E-state index is 0.218. The van der Waals surface area contributed by atoms with Gasteiger partial charge in [0, 0.05) is 30.1 Å². The molecule has 1 unspecified atom stereocenters. The lowest BCUT2D eigenvalue weighted by Crippen LogP contribution is -2.34. The van der Waals surface area contributed by atoms with Gasteiger partial charge in [-0.2, -0.15) is 0 Å². The second-order valence-corrected chi connectivity index (χ2v) is 9.15. The quantitative estimate of drug-likeness (QED) is 0.631. The molecule has 8 heteroatoms. The van der Waals surface area contributed by atoms with Crippen molar-refractivity contribution < 1.29 is 13.4 Å². The van der Waals surface area contributed by atoms with E-state index in [-0.39, 0.29) is 23.6 Å². The number of amides is 1. The topological polar surface area (TPSA) is 95.4 Å². The summed E-state index contributed by atoms with van der Waals surface area (Å²) in [4.78, 5) is 28.2. The van der Waals surface area contributed by atoms with E-state index in [9.17, 15) is 13.8 Å². The molecule has 0 aliphatic heterocycles. The zero-order valence-corrected chi connectivity index (χ0v) is 17.7. The van der Waals surface area contributed by atoms with E-state index in [1.54, 1.807) is 30.3 Å². The van der Waals surface area contributed by atoms with Crippen LogP contribution in [-0.4, -0.2) is 32.5 Å². The molecule has 0 radical (unpaired) electrons. The summed E-state index contributed by atoms with van der Waals surface area (Å²) in [7, 11) is 0.547. The molecule has 2 heterocycles. The first-order valence-corrected chi connectivity index (χ1v) is 11.3. The lowest BCUT2D eigenvalue weighted by Gasteiger charge is -2.30. The summed E-state index contributed by atoms with van der Waals surface area (Å²) in [6.07, 6.45) is 7.18. The highest BCUT2D eigenvalue weighted by molar-refractivity contribution is 7.82. The van der Waals surface area contributed by atoms with Crippen molar-refractivity contribution in [1.82, 2.24) is 14.6 Å².